The van der Waals surface area contributed by atoms with Crippen LogP contribution in [0.1, 0.15) is 17.1 Å². The molecule has 1 N–H and O–H groups in total. The molecule has 0 amide bonds. The summed E-state index contributed by atoms with van der Waals surface area (Å²) in [6.45, 7) is 0.468. The molecule has 0 fully saturated rings. The first-order valence-electron chi connectivity index (χ1n) is 6.42. The number of methoxy groups -OCH3 is 2. The van der Waals surface area contributed by atoms with Gasteiger partial charge in [0.1, 0.15) is 17.4 Å². The molecule has 0 radical (unpaired) electrons. The number of ether oxygens (including phenoxy) is 2. The van der Waals surface area contributed by atoms with Crippen molar-refractivity contribution >= 4 is 5.82 Å². The van der Waals surface area contributed by atoms with Crippen LogP contribution in [-0.4, -0.2) is 31.2 Å². The van der Waals surface area contributed by atoms with Crippen molar-refractivity contribution in [3.05, 3.63) is 47.4 Å². The predicted octanol–water partition coefficient (Wildman–Crippen LogP) is 2.26. The largest absolute Gasteiger partial charge is 0.496 e. The maximum absolute atomic E-state index is 5.36. The number of nitrogens with one attached hydrogen (secondary N) is 1. The fourth-order valence-electron chi connectivity index (χ4n) is 2.00. The molecule has 0 bridgehead atoms. The molecule has 0 saturated heterocycles. The second-order valence-corrected chi connectivity index (χ2v) is 4.33. The molecule has 1 aromatic heterocycles. The Kier molecular flexibility index (Phi) is 4.90. The lowest BCUT2D eigenvalue weighted by Gasteiger charge is -2.10. The number of anilines is 1. The zero-order chi connectivity index (χ0) is 14.4. The molecule has 0 atom stereocenters. The van der Waals surface area contributed by atoms with E-state index in [4.69, 9.17) is 9.47 Å². The van der Waals surface area contributed by atoms with Crippen LogP contribution < -0.4 is 10.1 Å². The molecule has 1 heterocycles. The van der Waals surface area contributed by atoms with Crippen LogP contribution in [0.2, 0.25) is 0 Å². The van der Waals surface area contributed by atoms with Gasteiger partial charge in [0, 0.05) is 32.2 Å². The average molecular weight is 273 g/mol. The normalized spacial score (nSPS) is 10.3. The van der Waals surface area contributed by atoms with Crippen molar-refractivity contribution in [2.45, 2.75) is 13.0 Å². The number of para-hydroxylation sites is 1. The fourth-order valence-corrected chi connectivity index (χ4v) is 2.00. The summed E-state index contributed by atoms with van der Waals surface area (Å²) in [6.07, 6.45) is 0.621. The van der Waals surface area contributed by atoms with Gasteiger partial charge in [-0.2, -0.15) is 0 Å². The number of hydrogen-bond acceptors (Lipinski definition) is 5. The Morgan fingerprint density at radius 1 is 1.15 bits per heavy atom. The van der Waals surface area contributed by atoms with Crippen molar-refractivity contribution in [1.82, 2.24) is 9.97 Å². The Balaban J connectivity index is 2.30. The van der Waals surface area contributed by atoms with Crippen molar-refractivity contribution in [2.24, 2.45) is 0 Å². The third kappa shape index (κ3) is 3.45. The van der Waals surface area contributed by atoms with Gasteiger partial charge in [-0.15, -0.1) is 0 Å². The lowest BCUT2D eigenvalue weighted by molar-refractivity contribution is 0.181. The van der Waals surface area contributed by atoms with Crippen LogP contribution in [-0.2, 0) is 17.8 Å². The third-order valence-corrected chi connectivity index (χ3v) is 2.91. The molecule has 20 heavy (non-hydrogen) atoms. The van der Waals surface area contributed by atoms with E-state index in [0.29, 0.717) is 13.0 Å². The van der Waals surface area contributed by atoms with Crippen LogP contribution in [0, 0.1) is 0 Å². The highest BCUT2D eigenvalue weighted by atomic mass is 16.5. The van der Waals surface area contributed by atoms with Gasteiger partial charge in [-0.3, -0.25) is 0 Å². The number of hydrogen-bond donors (Lipinski definition) is 1. The third-order valence-electron chi connectivity index (χ3n) is 2.91. The van der Waals surface area contributed by atoms with Gasteiger partial charge >= 0.3 is 0 Å². The van der Waals surface area contributed by atoms with Gasteiger partial charge < -0.3 is 14.8 Å². The molecular formula is C15H19N3O2. The van der Waals surface area contributed by atoms with E-state index in [1.54, 1.807) is 14.2 Å². The lowest BCUT2D eigenvalue weighted by atomic mass is 10.1. The predicted molar refractivity (Wildman–Crippen MR) is 78.1 cm³/mol. The summed E-state index contributed by atoms with van der Waals surface area (Å²) in [5.41, 5.74) is 1.92. The Morgan fingerprint density at radius 3 is 2.65 bits per heavy atom. The smallest absolute Gasteiger partial charge is 0.135 e. The number of benzene rings is 1. The summed E-state index contributed by atoms with van der Waals surface area (Å²) in [4.78, 5) is 8.98. The molecular weight excluding hydrogens is 254 g/mol. The van der Waals surface area contributed by atoms with Crippen molar-refractivity contribution in [1.29, 1.82) is 0 Å². The van der Waals surface area contributed by atoms with Crippen molar-refractivity contribution in [2.75, 3.05) is 26.6 Å². The minimum absolute atomic E-state index is 0.468. The summed E-state index contributed by atoms with van der Waals surface area (Å²) in [7, 11) is 5.16. The molecule has 1 aromatic carbocycles. The van der Waals surface area contributed by atoms with Crippen LogP contribution in [0.5, 0.6) is 5.75 Å². The Labute approximate surface area is 119 Å². The van der Waals surface area contributed by atoms with Crippen LogP contribution in [0.25, 0.3) is 0 Å². The highest BCUT2D eigenvalue weighted by molar-refractivity contribution is 5.38. The quantitative estimate of drug-likeness (QED) is 0.875. The molecule has 0 aliphatic carbocycles. The second kappa shape index (κ2) is 6.86. The highest BCUT2D eigenvalue weighted by Crippen LogP contribution is 2.20. The van der Waals surface area contributed by atoms with Gasteiger partial charge in [0.25, 0.3) is 0 Å². The summed E-state index contributed by atoms with van der Waals surface area (Å²) in [5.74, 6) is 2.38. The molecule has 0 aliphatic heterocycles. The van der Waals surface area contributed by atoms with E-state index in [2.05, 4.69) is 15.3 Å². The van der Waals surface area contributed by atoms with E-state index in [1.807, 2.05) is 37.4 Å². The van der Waals surface area contributed by atoms with Crippen LogP contribution in [0.3, 0.4) is 0 Å². The molecule has 0 aliphatic rings. The molecule has 106 valence electrons. The zero-order valence-corrected chi connectivity index (χ0v) is 12.0. The minimum atomic E-state index is 0.468. The maximum Gasteiger partial charge on any atom is 0.135 e. The Bertz CT molecular complexity index is 573. The van der Waals surface area contributed by atoms with E-state index >= 15 is 0 Å². The zero-order valence-electron chi connectivity index (χ0n) is 12.0. The number of aromatic nitrogens is 2. The van der Waals surface area contributed by atoms with Gasteiger partial charge in [0.05, 0.1) is 19.4 Å². The van der Waals surface area contributed by atoms with Gasteiger partial charge in [0.2, 0.25) is 0 Å². The average Bonchev–Trinajstić information content (AvgIpc) is 2.48. The van der Waals surface area contributed by atoms with Gasteiger partial charge in [-0.05, 0) is 6.07 Å². The fraction of sp³-hybridized carbons (Fsp3) is 0.333. The standard InChI is InChI=1S/C15H19N3O2/c1-16-14-9-12(10-19-2)17-15(18-14)8-11-6-4-5-7-13(11)20-3/h4-7,9H,8,10H2,1-3H3,(H,16,17,18). The van der Waals surface area contributed by atoms with Crippen molar-refractivity contribution in [3.63, 3.8) is 0 Å². The van der Waals surface area contributed by atoms with E-state index in [9.17, 15) is 0 Å². The molecule has 2 rings (SSSR count). The first-order valence-corrected chi connectivity index (χ1v) is 6.42. The van der Waals surface area contributed by atoms with Crippen molar-refractivity contribution in [3.8, 4) is 5.75 Å². The monoisotopic (exact) mass is 273 g/mol. The van der Waals surface area contributed by atoms with Crippen molar-refractivity contribution < 1.29 is 9.47 Å². The summed E-state index contributed by atoms with van der Waals surface area (Å²) >= 11 is 0. The minimum Gasteiger partial charge on any atom is -0.496 e. The SMILES string of the molecule is CNc1cc(COC)nc(Cc2ccccc2OC)n1. The summed E-state index contributed by atoms with van der Waals surface area (Å²) < 4.78 is 10.5. The first kappa shape index (κ1) is 14.3. The van der Waals surface area contributed by atoms with Crippen LogP contribution >= 0.6 is 0 Å². The maximum atomic E-state index is 5.36. The molecule has 2 aromatic rings. The second-order valence-electron chi connectivity index (χ2n) is 4.33. The Hall–Kier alpha value is -2.14. The molecule has 5 heteroatoms. The summed E-state index contributed by atoms with van der Waals surface area (Å²) in [6, 6.07) is 9.77. The molecule has 0 saturated carbocycles. The van der Waals surface area contributed by atoms with Gasteiger partial charge in [-0.1, -0.05) is 18.2 Å². The molecule has 0 spiro atoms. The van der Waals surface area contributed by atoms with Crippen LogP contribution in [0.15, 0.2) is 30.3 Å². The van der Waals surface area contributed by atoms with E-state index < -0.39 is 0 Å². The topological polar surface area (TPSA) is 56.3 Å². The van der Waals surface area contributed by atoms with E-state index in [1.165, 1.54) is 0 Å². The van der Waals surface area contributed by atoms with Gasteiger partial charge in [-0.25, -0.2) is 9.97 Å². The Morgan fingerprint density at radius 2 is 1.95 bits per heavy atom. The summed E-state index contributed by atoms with van der Waals surface area (Å²) in [5, 5.41) is 3.04. The number of rotatable bonds is 6. The molecule has 0 unspecified atom stereocenters. The number of nitrogens with zero attached hydrogens (tertiary/aromatic N) is 2. The van der Waals surface area contributed by atoms with E-state index in [-0.39, 0.29) is 0 Å². The first-order chi connectivity index (χ1) is 9.76. The highest BCUT2D eigenvalue weighted by Gasteiger charge is 2.08. The van der Waals surface area contributed by atoms with E-state index in [0.717, 1.165) is 28.6 Å². The van der Waals surface area contributed by atoms with Gasteiger partial charge in [0.15, 0.2) is 0 Å². The lowest BCUT2D eigenvalue weighted by Crippen LogP contribution is -2.05. The molecule has 5 nitrogen and oxygen atoms in total. The van der Waals surface area contributed by atoms with Crippen LogP contribution in [0.4, 0.5) is 5.82 Å².